The summed E-state index contributed by atoms with van der Waals surface area (Å²) >= 11 is 0. The molecule has 17 heavy (non-hydrogen) atoms. The molecule has 0 bridgehead atoms. The van der Waals surface area contributed by atoms with Crippen LogP contribution in [-0.2, 0) is 0 Å². The zero-order valence-corrected chi connectivity index (χ0v) is 9.71. The summed E-state index contributed by atoms with van der Waals surface area (Å²) in [6, 6.07) is 9.46. The highest BCUT2D eigenvalue weighted by molar-refractivity contribution is 5.35. The fourth-order valence-electron chi connectivity index (χ4n) is 1.64. The number of hydrogen-bond donors (Lipinski definition) is 1. The van der Waals surface area contributed by atoms with Crippen molar-refractivity contribution in [3.05, 3.63) is 53.9 Å². The number of hydrogen-bond acceptors (Lipinski definition) is 4. The number of nitrogens with two attached hydrogens (primary N) is 1. The average Bonchev–Trinajstić information content (AvgIpc) is 2.40. The third-order valence-electron chi connectivity index (χ3n) is 2.49. The summed E-state index contributed by atoms with van der Waals surface area (Å²) in [5, 5.41) is 7.57. The van der Waals surface area contributed by atoms with Crippen LogP contribution in [0.5, 0.6) is 5.75 Å². The first-order valence-corrected chi connectivity index (χ1v) is 5.56. The van der Waals surface area contributed by atoms with Gasteiger partial charge in [0, 0.05) is 6.20 Å². The summed E-state index contributed by atoms with van der Waals surface area (Å²) in [7, 11) is 0. The Kier molecular flexibility index (Phi) is 3.67. The summed E-state index contributed by atoms with van der Waals surface area (Å²) in [6.07, 6.45) is 3.32. The molecule has 0 aliphatic rings. The van der Waals surface area contributed by atoms with Gasteiger partial charge in [0.25, 0.3) is 0 Å². The molecule has 1 unspecified atom stereocenters. The topological polar surface area (TPSA) is 61.0 Å². The van der Waals surface area contributed by atoms with Crippen molar-refractivity contribution in [3.8, 4) is 5.75 Å². The van der Waals surface area contributed by atoms with E-state index in [0.29, 0.717) is 6.61 Å². The summed E-state index contributed by atoms with van der Waals surface area (Å²) < 4.78 is 5.45. The van der Waals surface area contributed by atoms with E-state index < -0.39 is 0 Å². The Morgan fingerprint density at radius 2 is 2.12 bits per heavy atom. The molecule has 1 atom stereocenters. The van der Waals surface area contributed by atoms with Gasteiger partial charge in [0.15, 0.2) is 0 Å². The van der Waals surface area contributed by atoms with Crippen LogP contribution in [0, 0.1) is 0 Å². The van der Waals surface area contributed by atoms with Crippen LogP contribution in [0.2, 0.25) is 0 Å². The minimum Gasteiger partial charge on any atom is -0.494 e. The van der Waals surface area contributed by atoms with E-state index in [1.54, 1.807) is 12.4 Å². The van der Waals surface area contributed by atoms with E-state index in [4.69, 9.17) is 10.5 Å². The molecule has 0 radical (unpaired) electrons. The molecule has 2 rings (SSSR count). The smallest absolute Gasteiger partial charge is 0.119 e. The molecule has 0 aliphatic heterocycles. The van der Waals surface area contributed by atoms with Crippen molar-refractivity contribution in [1.29, 1.82) is 0 Å². The van der Waals surface area contributed by atoms with Gasteiger partial charge in [-0.1, -0.05) is 12.1 Å². The van der Waals surface area contributed by atoms with Crippen LogP contribution in [0.15, 0.2) is 42.7 Å². The predicted octanol–water partition coefficient (Wildman–Crippen LogP) is 1.92. The standard InChI is InChI=1S/C13H15N3O/c1-2-17-12-5-3-4-10(8-12)13(14)11-6-7-15-16-9-11/h3-9,13H,2,14H2,1H3. The second-order valence-corrected chi connectivity index (χ2v) is 3.66. The summed E-state index contributed by atoms with van der Waals surface area (Å²) in [5.74, 6) is 0.836. The molecule has 4 heteroatoms. The lowest BCUT2D eigenvalue weighted by molar-refractivity contribution is 0.340. The fourth-order valence-corrected chi connectivity index (χ4v) is 1.64. The number of benzene rings is 1. The molecule has 0 aliphatic carbocycles. The van der Waals surface area contributed by atoms with Gasteiger partial charge in [0.2, 0.25) is 0 Å². The first-order chi connectivity index (χ1) is 8.31. The van der Waals surface area contributed by atoms with Crippen LogP contribution in [0.4, 0.5) is 0 Å². The SMILES string of the molecule is CCOc1cccc(C(N)c2ccnnc2)c1. The van der Waals surface area contributed by atoms with Crippen molar-refractivity contribution in [2.75, 3.05) is 6.61 Å². The van der Waals surface area contributed by atoms with Crippen molar-refractivity contribution in [2.45, 2.75) is 13.0 Å². The molecule has 88 valence electrons. The lowest BCUT2D eigenvalue weighted by atomic mass is 10.0. The highest BCUT2D eigenvalue weighted by atomic mass is 16.5. The van der Waals surface area contributed by atoms with E-state index in [-0.39, 0.29) is 6.04 Å². The molecule has 0 amide bonds. The van der Waals surface area contributed by atoms with Gasteiger partial charge in [-0.05, 0) is 36.2 Å². The molecule has 0 spiro atoms. The lowest BCUT2D eigenvalue weighted by Crippen LogP contribution is -2.12. The van der Waals surface area contributed by atoms with E-state index in [1.165, 1.54) is 0 Å². The Morgan fingerprint density at radius 1 is 1.24 bits per heavy atom. The zero-order chi connectivity index (χ0) is 12.1. The van der Waals surface area contributed by atoms with Gasteiger partial charge in [-0.3, -0.25) is 0 Å². The molecule has 1 aromatic heterocycles. The van der Waals surface area contributed by atoms with Gasteiger partial charge in [-0.15, -0.1) is 0 Å². The van der Waals surface area contributed by atoms with E-state index in [2.05, 4.69) is 10.2 Å². The van der Waals surface area contributed by atoms with Crippen LogP contribution >= 0.6 is 0 Å². The Morgan fingerprint density at radius 3 is 2.82 bits per heavy atom. The molecular weight excluding hydrogens is 214 g/mol. The van der Waals surface area contributed by atoms with Crippen molar-refractivity contribution >= 4 is 0 Å². The third-order valence-corrected chi connectivity index (χ3v) is 2.49. The molecule has 2 aromatic rings. The summed E-state index contributed by atoms with van der Waals surface area (Å²) in [4.78, 5) is 0. The molecule has 0 saturated heterocycles. The monoisotopic (exact) mass is 229 g/mol. The highest BCUT2D eigenvalue weighted by Crippen LogP contribution is 2.22. The van der Waals surface area contributed by atoms with Gasteiger partial charge in [-0.25, -0.2) is 0 Å². The van der Waals surface area contributed by atoms with Gasteiger partial charge in [0.05, 0.1) is 18.8 Å². The molecule has 2 N–H and O–H groups in total. The minimum absolute atomic E-state index is 0.203. The van der Waals surface area contributed by atoms with Crippen molar-refractivity contribution in [3.63, 3.8) is 0 Å². The largest absolute Gasteiger partial charge is 0.494 e. The van der Waals surface area contributed by atoms with Crippen molar-refractivity contribution in [2.24, 2.45) is 5.73 Å². The Balaban J connectivity index is 2.25. The van der Waals surface area contributed by atoms with Gasteiger partial charge < -0.3 is 10.5 Å². The van der Waals surface area contributed by atoms with Crippen molar-refractivity contribution in [1.82, 2.24) is 10.2 Å². The second-order valence-electron chi connectivity index (χ2n) is 3.66. The first-order valence-electron chi connectivity index (χ1n) is 5.56. The lowest BCUT2D eigenvalue weighted by Gasteiger charge is -2.13. The maximum Gasteiger partial charge on any atom is 0.119 e. The molecule has 0 fully saturated rings. The number of nitrogens with zero attached hydrogens (tertiary/aromatic N) is 2. The zero-order valence-electron chi connectivity index (χ0n) is 9.71. The number of aromatic nitrogens is 2. The molecule has 1 aromatic carbocycles. The van der Waals surface area contributed by atoms with E-state index in [1.807, 2.05) is 37.3 Å². The average molecular weight is 229 g/mol. The predicted molar refractivity (Wildman–Crippen MR) is 65.7 cm³/mol. The normalized spacial score (nSPS) is 12.1. The highest BCUT2D eigenvalue weighted by Gasteiger charge is 2.09. The molecule has 0 saturated carbocycles. The quantitative estimate of drug-likeness (QED) is 0.870. The van der Waals surface area contributed by atoms with Gasteiger partial charge in [-0.2, -0.15) is 10.2 Å². The molecule has 1 heterocycles. The Hall–Kier alpha value is -1.94. The maximum absolute atomic E-state index is 6.16. The van der Waals surface area contributed by atoms with Crippen LogP contribution in [0.3, 0.4) is 0 Å². The first kappa shape index (κ1) is 11.5. The van der Waals surface area contributed by atoms with Crippen LogP contribution in [-0.4, -0.2) is 16.8 Å². The summed E-state index contributed by atoms with van der Waals surface area (Å²) in [6.45, 7) is 2.61. The molecular formula is C13H15N3O. The number of rotatable bonds is 4. The van der Waals surface area contributed by atoms with Crippen LogP contribution in [0.25, 0.3) is 0 Å². The van der Waals surface area contributed by atoms with Crippen molar-refractivity contribution < 1.29 is 4.74 Å². The Bertz CT molecular complexity index is 473. The van der Waals surface area contributed by atoms with E-state index >= 15 is 0 Å². The van der Waals surface area contributed by atoms with Gasteiger partial charge in [0.1, 0.15) is 5.75 Å². The Labute approximate surface area is 100 Å². The van der Waals surface area contributed by atoms with Crippen LogP contribution in [0.1, 0.15) is 24.1 Å². The van der Waals surface area contributed by atoms with E-state index in [0.717, 1.165) is 16.9 Å². The third kappa shape index (κ3) is 2.79. The van der Waals surface area contributed by atoms with Crippen LogP contribution < -0.4 is 10.5 Å². The minimum atomic E-state index is -0.203. The summed E-state index contributed by atoms with van der Waals surface area (Å²) in [5.41, 5.74) is 8.10. The van der Waals surface area contributed by atoms with E-state index in [9.17, 15) is 0 Å². The molecule has 4 nitrogen and oxygen atoms in total. The van der Waals surface area contributed by atoms with Gasteiger partial charge >= 0.3 is 0 Å². The second kappa shape index (κ2) is 5.41. The maximum atomic E-state index is 6.16. The fraction of sp³-hybridized carbons (Fsp3) is 0.231. The number of ether oxygens (including phenoxy) is 1.